The molecular weight excluding hydrogens is 252 g/mol. The molecule has 4 heteroatoms. The topological polar surface area (TPSA) is 52.6 Å². The first kappa shape index (κ1) is 14.6. The summed E-state index contributed by atoms with van der Waals surface area (Å²) in [5.74, 6) is 5.70. The smallest absolute Gasteiger partial charge is 0.240 e. The van der Waals surface area contributed by atoms with E-state index in [0.717, 1.165) is 17.7 Å². The predicted molar refractivity (Wildman–Crippen MR) is 77.9 cm³/mol. The fraction of sp³-hybridized carbons (Fsp3) is 0.438. The van der Waals surface area contributed by atoms with Crippen LogP contribution < -0.4 is 5.32 Å². The van der Waals surface area contributed by atoms with E-state index >= 15 is 0 Å². The molecule has 1 aromatic carbocycles. The van der Waals surface area contributed by atoms with Crippen molar-refractivity contribution in [2.24, 2.45) is 0 Å². The maximum absolute atomic E-state index is 12.0. The van der Waals surface area contributed by atoms with Crippen LogP contribution in [0.15, 0.2) is 24.3 Å². The highest BCUT2D eigenvalue weighted by Crippen LogP contribution is 2.21. The highest BCUT2D eigenvalue weighted by molar-refractivity contribution is 5.86. The van der Waals surface area contributed by atoms with Crippen LogP contribution in [0.5, 0.6) is 0 Å². The van der Waals surface area contributed by atoms with Gasteiger partial charge in [0.05, 0.1) is 5.54 Å². The molecule has 1 fully saturated rings. The van der Waals surface area contributed by atoms with Crippen LogP contribution in [0.1, 0.15) is 25.0 Å². The van der Waals surface area contributed by atoms with E-state index in [1.807, 2.05) is 38.1 Å². The molecule has 0 spiro atoms. The van der Waals surface area contributed by atoms with Crippen molar-refractivity contribution in [2.45, 2.75) is 25.9 Å². The van der Waals surface area contributed by atoms with Gasteiger partial charge in [0.2, 0.25) is 5.91 Å². The van der Waals surface area contributed by atoms with Crippen molar-refractivity contribution in [1.82, 2.24) is 10.2 Å². The van der Waals surface area contributed by atoms with E-state index in [-0.39, 0.29) is 12.5 Å². The first-order valence-electron chi connectivity index (χ1n) is 6.76. The van der Waals surface area contributed by atoms with E-state index in [4.69, 9.17) is 5.11 Å². The summed E-state index contributed by atoms with van der Waals surface area (Å²) >= 11 is 0. The molecule has 1 aliphatic heterocycles. The summed E-state index contributed by atoms with van der Waals surface area (Å²) in [6.07, 6.45) is 0. The lowest BCUT2D eigenvalue weighted by Crippen LogP contribution is -2.61. The van der Waals surface area contributed by atoms with Crippen LogP contribution in [-0.2, 0) is 11.3 Å². The van der Waals surface area contributed by atoms with Crippen LogP contribution >= 0.6 is 0 Å². The molecule has 20 heavy (non-hydrogen) atoms. The van der Waals surface area contributed by atoms with Gasteiger partial charge in [-0.2, -0.15) is 0 Å². The Hall–Kier alpha value is -1.83. The van der Waals surface area contributed by atoms with Gasteiger partial charge in [0.25, 0.3) is 0 Å². The molecule has 0 atom stereocenters. The van der Waals surface area contributed by atoms with Gasteiger partial charge in [0, 0.05) is 25.2 Å². The Balaban J connectivity index is 2.23. The highest BCUT2D eigenvalue weighted by Gasteiger charge is 2.37. The molecule has 1 amide bonds. The minimum Gasteiger partial charge on any atom is -0.384 e. The summed E-state index contributed by atoms with van der Waals surface area (Å²) in [4.78, 5) is 14.1. The maximum Gasteiger partial charge on any atom is 0.240 e. The molecule has 1 aliphatic rings. The van der Waals surface area contributed by atoms with Crippen molar-refractivity contribution in [3.05, 3.63) is 35.4 Å². The molecule has 4 nitrogen and oxygen atoms in total. The van der Waals surface area contributed by atoms with Crippen molar-refractivity contribution < 1.29 is 9.90 Å². The van der Waals surface area contributed by atoms with Crippen molar-refractivity contribution in [1.29, 1.82) is 0 Å². The van der Waals surface area contributed by atoms with Crippen LogP contribution in [0.25, 0.3) is 0 Å². The molecule has 0 aromatic heterocycles. The third kappa shape index (κ3) is 3.01. The summed E-state index contributed by atoms with van der Waals surface area (Å²) < 4.78 is 0. The Morgan fingerprint density at radius 1 is 1.40 bits per heavy atom. The molecule has 0 radical (unpaired) electrons. The zero-order chi connectivity index (χ0) is 14.6. The summed E-state index contributed by atoms with van der Waals surface area (Å²) in [6.45, 7) is 5.89. The molecule has 0 aliphatic carbocycles. The third-order valence-corrected chi connectivity index (χ3v) is 3.69. The Bertz CT molecular complexity index is 555. The molecule has 0 bridgehead atoms. The number of hydrogen-bond acceptors (Lipinski definition) is 3. The minimum atomic E-state index is -0.518. The Morgan fingerprint density at radius 2 is 2.15 bits per heavy atom. The lowest BCUT2D eigenvalue weighted by Gasteiger charge is -2.41. The number of aliphatic hydroxyl groups is 1. The Morgan fingerprint density at radius 3 is 2.90 bits per heavy atom. The number of carbonyl (C=O) groups is 1. The average Bonchev–Trinajstić information content (AvgIpc) is 2.43. The fourth-order valence-corrected chi connectivity index (χ4v) is 2.34. The molecule has 0 unspecified atom stereocenters. The van der Waals surface area contributed by atoms with Gasteiger partial charge in [0.1, 0.15) is 6.61 Å². The molecule has 2 N–H and O–H groups in total. The lowest BCUT2D eigenvalue weighted by atomic mass is 9.97. The summed E-state index contributed by atoms with van der Waals surface area (Å²) in [5, 5.41) is 11.7. The Labute approximate surface area is 119 Å². The number of nitrogens with zero attached hydrogens (tertiary/aromatic N) is 1. The standard InChI is InChI=1S/C16H20N2O2/c1-16(2)15(20)17-9-10-18(16)12-14-7-4-3-6-13(14)8-5-11-19/h3-4,6-7,19H,9-12H2,1-2H3,(H,17,20). The van der Waals surface area contributed by atoms with Crippen molar-refractivity contribution in [3.8, 4) is 11.8 Å². The van der Waals surface area contributed by atoms with Gasteiger partial charge >= 0.3 is 0 Å². The third-order valence-electron chi connectivity index (χ3n) is 3.69. The summed E-state index contributed by atoms with van der Waals surface area (Å²) in [6, 6.07) is 7.86. The van der Waals surface area contributed by atoms with Gasteiger partial charge in [-0.25, -0.2) is 0 Å². The van der Waals surface area contributed by atoms with E-state index in [1.165, 1.54) is 0 Å². The predicted octanol–water partition coefficient (Wildman–Crippen LogP) is 0.741. The van der Waals surface area contributed by atoms with Gasteiger partial charge < -0.3 is 10.4 Å². The van der Waals surface area contributed by atoms with Gasteiger partial charge in [-0.15, -0.1) is 0 Å². The highest BCUT2D eigenvalue weighted by atomic mass is 16.2. The minimum absolute atomic E-state index is 0.0580. The van der Waals surface area contributed by atoms with E-state index in [1.54, 1.807) is 0 Å². The number of rotatable bonds is 2. The van der Waals surface area contributed by atoms with Crippen molar-refractivity contribution >= 4 is 5.91 Å². The second kappa shape index (κ2) is 6.08. The number of benzene rings is 1. The molecule has 0 saturated carbocycles. The first-order valence-corrected chi connectivity index (χ1v) is 6.76. The van der Waals surface area contributed by atoms with Crippen LogP contribution in [0.3, 0.4) is 0 Å². The molecular formula is C16H20N2O2. The number of aliphatic hydroxyl groups excluding tert-OH is 1. The largest absolute Gasteiger partial charge is 0.384 e. The molecule has 1 saturated heterocycles. The lowest BCUT2D eigenvalue weighted by molar-refractivity contribution is -0.135. The SMILES string of the molecule is CC1(C)C(=O)NCCN1Cc1ccccc1C#CCO. The van der Waals surface area contributed by atoms with Gasteiger partial charge in [-0.3, -0.25) is 9.69 Å². The van der Waals surface area contributed by atoms with E-state index in [2.05, 4.69) is 22.1 Å². The van der Waals surface area contributed by atoms with Crippen LogP contribution in [0.4, 0.5) is 0 Å². The molecule has 106 valence electrons. The second-order valence-corrected chi connectivity index (χ2v) is 5.35. The number of amides is 1. The monoisotopic (exact) mass is 272 g/mol. The second-order valence-electron chi connectivity index (χ2n) is 5.35. The van der Waals surface area contributed by atoms with Gasteiger partial charge in [-0.1, -0.05) is 30.0 Å². The van der Waals surface area contributed by atoms with Crippen molar-refractivity contribution in [3.63, 3.8) is 0 Å². The summed E-state index contributed by atoms with van der Waals surface area (Å²) in [7, 11) is 0. The molecule has 2 rings (SSSR count). The van der Waals surface area contributed by atoms with Gasteiger partial charge in [0.15, 0.2) is 0 Å². The first-order chi connectivity index (χ1) is 9.55. The van der Waals surface area contributed by atoms with Crippen LogP contribution in [0, 0.1) is 11.8 Å². The van der Waals surface area contributed by atoms with Gasteiger partial charge in [-0.05, 0) is 25.5 Å². The zero-order valence-electron chi connectivity index (χ0n) is 11.9. The van der Waals surface area contributed by atoms with E-state index in [9.17, 15) is 4.79 Å². The maximum atomic E-state index is 12.0. The zero-order valence-corrected chi connectivity index (χ0v) is 11.9. The fourth-order valence-electron chi connectivity index (χ4n) is 2.34. The number of nitrogens with one attached hydrogen (secondary N) is 1. The number of piperazine rings is 1. The van der Waals surface area contributed by atoms with E-state index in [0.29, 0.717) is 13.1 Å². The number of hydrogen-bond donors (Lipinski definition) is 2. The Kier molecular flexibility index (Phi) is 4.43. The average molecular weight is 272 g/mol. The van der Waals surface area contributed by atoms with Crippen LogP contribution in [-0.4, -0.2) is 41.1 Å². The molecule has 1 aromatic rings. The summed E-state index contributed by atoms with van der Waals surface area (Å²) in [5.41, 5.74) is 1.47. The van der Waals surface area contributed by atoms with E-state index < -0.39 is 5.54 Å². The quantitative estimate of drug-likeness (QED) is 0.781. The van der Waals surface area contributed by atoms with Crippen molar-refractivity contribution in [2.75, 3.05) is 19.7 Å². The normalized spacial score (nSPS) is 18.1. The number of carbonyl (C=O) groups excluding carboxylic acids is 1. The molecule has 1 heterocycles. The van der Waals surface area contributed by atoms with Crippen LogP contribution in [0.2, 0.25) is 0 Å².